The maximum atomic E-state index is 11.8. The normalized spacial score (nSPS) is 13.9. The monoisotopic (exact) mass is 404 g/mol. The van der Waals surface area contributed by atoms with Crippen LogP contribution in [0, 0.1) is 0 Å². The second kappa shape index (κ2) is 8.83. The van der Waals surface area contributed by atoms with Crippen LogP contribution in [0.5, 0.6) is 0 Å². The molecule has 1 aliphatic rings. The standard InChI is InChI=1S/C20H24N2O5S/c1-26-12-11-22(28(2,24)25)13-15(23)14-27-21-20-18-9-5-3-7-16(18)17-8-4-6-10-19(17)20/h3-10,15,23H,11-14H2,1-2H3. The lowest BCUT2D eigenvalue weighted by Crippen LogP contribution is -2.40. The number of rotatable bonds is 9. The van der Waals surface area contributed by atoms with Crippen molar-refractivity contribution in [1.29, 1.82) is 0 Å². The number of fused-ring (bicyclic) bond motifs is 3. The highest BCUT2D eigenvalue weighted by Gasteiger charge is 2.25. The molecule has 3 rings (SSSR count). The van der Waals surface area contributed by atoms with Gasteiger partial charge in [0.1, 0.15) is 18.4 Å². The van der Waals surface area contributed by atoms with E-state index >= 15 is 0 Å². The van der Waals surface area contributed by atoms with Gasteiger partial charge in [-0.15, -0.1) is 0 Å². The first-order chi connectivity index (χ1) is 13.4. The van der Waals surface area contributed by atoms with Gasteiger partial charge in [0.05, 0.1) is 12.9 Å². The van der Waals surface area contributed by atoms with E-state index in [1.54, 1.807) is 0 Å². The third-order valence-corrected chi connectivity index (χ3v) is 5.78. The van der Waals surface area contributed by atoms with Crippen LogP contribution in [-0.4, -0.2) is 69.3 Å². The summed E-state index contributed by atoms with van der Waals surface area (Å²) in [6.45, 7) is 0.214. The Bertz CT molecular complexity index is 911. The van der Waals surface area contributed by atoms with Gasteiger partial charge < -0.3 is 14.7 Å². The average molecular weight is 404 g/mol. The van der Waals surface area contributed by atoms with E-state index in [4.69, 9.17) is 9.57 Å². The zero-order chi connectivity index (χ0) is 20.1. The Balaban J connectivity index is 1.69. The summed E-state index contributed by atoms with van der Waals surface area (Å²) >= 11 is 0. The summed E-state index contributed by atoms with van der Waals surface area (Å²) in [5.41, 5.74) is 4.82. The van der Waals surface area contributed by atoms with Crippen LogP contribution in [0.15, 0.2) is 53.7 Å². The number of hydrogen-bond donors (Lipinski definition) is 1. The van der Waals surface area contributed by atoms with Crippen molar-refractivity contribution in [3.63, 3.8) is 0 Å². The predicted molar refractivity (Wildman–Crippen MR) is 108 cm³/mol. The summed E-state index contributed by atoms with van der Waals surface area (Å²) in [5, 5.41) is 14.4. The van der Waals surface area contributed by atoms with Gasteiger partial charge in [-0.3, -0.25) is 0 Å². The molecule has 8 heteroatoms. The first-order valence-electron chi connectivity index (χ1n) is 8.93. The molecule has 0 saturated carbocycles. The predicted octanol–water partition coefficient (Wildman–Crippen LogP) is 1.70. The second-order valence-corrected chi connectivity index (χ2v) is 8.58. The van der Waals surface area contributed by atoms with Crippen molar-refractivity contribution >= 4 is 15.7 Å². The van der Waals surface area contributed by atoms with Gasteiger partial charge in [-0.25, -0.2) is 8.42 Å². The Morgan fingerprint density at radius 2 is 1.57 bits per heavy atom. The summed E-state index contributed by atoms with van der Waals surface area (Å²) in [4.78, 5) is 5.40. The number of sulfonamides is 1. The fraction of sp³-hybridized carbons (Fsp3) is 0.350. The Hall–Kier alpha value is -2.26. The molecular weight excluding hydrogens is 380 g/mol. The van der Waals surface area contributed by atoms with Gasteiger partial charge in [-0.1, -0.05) is 53.7 Å². The SMILES string of the molecule is COCCN(CC(O)CON=C1c2ccccc2-c2ccccc21)S(C)(=O)=O. The molecule has 150 valence electrons. The average Bonchev–Trinajstić information content (AvgIpc) is 2.98. The molecule has 1 N–H and O–H groups in total. The molecule has 1 unspecified atom stereocenters. The van der Waals surface area contributed by atoms with Crippen LogP contribution in [0.2, 0.25) is 0 Å². The molecule has 0 radical (unpaired) electrons. The molecule has 1 atom stereocenters. The van der Waals surface area contributed by atoms with E-state index < -0.39 is 16.1 Å². The Labute approximate surface area is 165 Å². The summed E-state index contributed by atoms with van der Waals surface area (Å²) in [6.07, 6.45) is 0.0888. The lowest BCUT2D eigenvalue weighted by atomic mass is 10.1. The van der Waals surface area contributed by atoms with E-state index in [2.05, 4.69) is 5.16 Å². The fourth-order valence-corrected chi connectivity index (χ4v) is 4.00. The molecule has 0 spiro atoms. The lowest BCUT2D eigenvalue weighted by molar-refractivity contribution is 0.0286. The first kappa shape index (κ1) is 20.5. The van der Waals surface area contributed by atoms with Crippen molar-refractivity contribution in [2.24, 2.45) is 5.16 Å². The lowest BCUT2D eigenvalue weighted by Gasteiger charge is -2.22. The highest BCUT2D eigenvalue weighted by Crippen LogP contribution is 2.36. The van der Waals surface area contributed by atoms with E-state index in [1.807, 2.05) is 48.5 Å². The van der Waals surface area contributed by atoms with Gasteiger partial charge in [-0.05, 0) is 11.1 Å². The summed E-state index contributed by atoms with van der Waals surface area (Å²) in [6, 6.07) is 15.8. The molecule has 0 amide bonds. The van der Waals surface area contributed by atoms with Gasteiger partial charge in [0.2, 0.25) is 10.0 Å². The Morgan fingerprint density at radius 1 is 1.04 bits per heavy atom. The molecule has 2 aromatic rings. The number of nitrogens with zero attached hydrogens (tertiary/aromatic N) is 2. The minimum Gasteiger partial charge on any atom is -0.392 e. The number of aliphatic hydroxyl groups is 1. The van der Waals surface area contributed by atoms with E-state index in [1.165, 1.54) is 7.11 Å². The molecule has 0 bridgehead atoms. The molecule has 0 fully saturated rings. The van der Waals surface area contributed by atoms with Crippen molar-refractivity contribution in [3.05, 3.63) is 59.7 Å². The van der Waals surface area contributed by atoms with Gasteiger partial charge in [-0.2, -0.15) is 4.31 Å². The van der Waals surface area contributed by atoms with Gasteiger partial charge in [0.25, 0.3) is 0 Å². The zero-order valence-electron chi connectivity index (χ0n) is 15.9. The van der Waals surface area contributed by atoms with Gasteiger partial charge >= 0.3 is 0 Å². The fourth-order valence-electron chi connectivity index (χ4n) is 3.15. The van der Waals surface area contributed by atoms with Crippen molar-refractivity contribution in [2.75, 3.05) is 39.7 Å². The minimum absolute atomic E-state index is 0.0831. The van der Waals surface area contributed by atoms with Crippen LogP contribution in [0.4, 0.5) is 0 Å². The third-order valence-electron chi connectivity index (χ3n) is 4.51. The first-order valence-corrected chi connectivity index (χ1v) is 10.8. The van der Waals surface area contributed by atoms with Crippen LogP contribution >= 0.6 is 0 Å². The van der Waals surface area contributed by atoms with Crippen molar-refractivity contribution in [1.82, 2.24) is 4.31 Å². The largest absolute Gasteiger partial charge is 0.392 e. The van der Waals surface area contributed by atoms with Crippen LogP contribution < -0.4 is 0 Å². The van der Waals surface area contributed by atoms with Crippen LogP contribution in [0.3, 0.4) is 0 Å². The molecule has 2 aromatic carbocycles. The summed E-state index contributed by atoms with van der Waals surface area (Å²) in [5.74, 6) is 0. The van der Waals surface area contributed by atoms with Crippen molar-refractivity contribution in [2.45, 2.75) is 6.10 Å². The maximum Gasteiger partial charge on any atom is 0.211 e. The molecule has 1 aliphatic carbocycles. The molecule has 28 heavy (non-hydrogen) atoms. The zero-order valence-corrected chi connectivity index (χ0v) is 16.7. The maximum absolute atomic E-state index is 11.8. The number of ether oxygens (including phenoxy) is 1. The molecule has 0 heterocycles. The van der Waals surface area contributed by atoms with Gasteiger partial charge in [0.15, 0.2) is 0 Å². The highest BCUT2D eigenvalue weighted by molar-refractivity contribution is 7.88. The third kappa shape index (κ3) is 4.59. The Kier molecular flexibility index (Phi) is 6.46. The number of aliphatic hydroxyl groups excluding tert-OH is 1. The van der Waals surface area contributed by atoms with E-state index in [-0.39, 0.29) is 26.3 Å². The van der Waals surface area contributed by atoms with Gasteiger partial charge in [0, 0.05) is 31.3 Å². The molecule has 0 aliphatic heterocycles. The number of methoxy groups -OCH3 is 1. The van der Waals surface area contributed by atoms with Crippen molar-refractivity contribution < 1.29 is 23.1 Å². The Morgan fingerprint density at radius 3 is 2.07 bits per heavy atom. The molecule has 7 nitrogen and oxygen atoms in total. The number of oxime groups is 1. The van der Waals surface area contributed by atoms with Crippen LogP contribution in [-0.2, 0) is 19.6 Å². The smallest absolute Gasteiger partial charge is 0.211 e. The summed E-state index contributed by atoms with van der Waals surface area (Å²) in [7, 11) is -1.96. The topological polar surface area (TPSA) is 88.4 Å². The van der Waals surface area contributed by atoms with E-state index in [0.717, 1.165) is 32.8 Å². The number of benzene rings is 2. The van der Waals surface area contributed by atoms with Crippen molar-refractivity contribution in [3.8, 4) is 11.1 Å². The molecule has 0 aromatic heterocycles. The second-order valence-electron chi connectivity index (χ2n) is 6.59. The minimum atomic E-state index is -3.45. The quantitative estimate of drug-likeness (QED) is 0.549. The van der Waals surface area contributed by atoms with Crippen LogP contribution in [0.25, 0.3) is 11.1 Å². The number of hydrogen-bond acceptors (Lipinski definition) is 6. The summed E-state index contributed by atoms with van der Waals surface area (Å²) < 4.78 is 29.7. The van der Waals surface area contributed by atoms with E-state index in [0.29, 0.717) is 5.71 Å². The highest BCUT2D eigenvalue weighted by atomic mass is 32.2. The molecular formula is C20H24N2O5S. The van der Waals surface area contributed by atoms with Crippen LogP contribution in [0.1, 0.15) is 11.1 Å². The molecule has 0 saturated heterocycles. The van der Waals surface area contributed by atoms with E-state index in [9.17, 15) is 13.5 Å².